The van der Waals surface area contributed by atoms with E-state index in [1.807, 2.05) is 42.5 Å². The third-order valence-corrected chi connectivity index (χ3v) is 6.89. The highest BCUT2D eigenvalue weighted by Crippen LogP contribution is 2.29. The van der Waals surface area contributed by atoms with Crippen LogP contribution in [-0.4, -0.2) is 44.6 Å². The molecule has 1 aliphatic rings. The molecule has 1 aromatic heterocycles. The van der Waals surface area contributed by atoms with Crippen LogP contribution in [0.15, 0.2) is 89.8 Å². The second-order valence-corrected chi connectivity index (χ2v) is 9.30. The first kappa shape index (κ1) is 20.3. The van der Waals surface area contributed by atoms with E-state index < -0.39 is 10.0 Å². The van der Waals surface area contributed by atoms with Crippen LogP contribution in [0, 0.1) is 0 Å². The van der Waals surface area contributed by atoms with Crippen molar-refractivity contribution in [2.45, 2.75) is 4.90 Å². The normalized spacial score (nSPS) is 14.5. The summed E-state index contributed by atoms with van der Waals surface area (Å²) < 4.78 is 28.7. The Kier molecular flexibility index (Phi) is 5.36. The first-order valence-electron chi connectivity index (χ1n) is 10.5. The maximum absolute atomic E-state index is 13.0. The van der Waals surface area contributed by atoms with Crippen LogP contribution in [0.3, 0.4) is 0 Å². The van der Waals surface area contributed by atoms with Crippen molar-refractivity contribution < 1.29 is 8.42 Å². The fraction of sp³-hybridized carbons (Fsp3) is 0.167. The molecule has 3 aromatic carbocycles. The summed E-state index contributed by atoms with van der Waals surface area (Å²) in [5, 5.41) is 0. The number of nitrogens with zero attached hydrogens (tertiary/aromatic N) is 4. The highest BCUT2D eigenvalue weighted by atomic mass is 32.2. The van der Waals surface area contributed by atoms with E-state index in [1.165, 1.54) is 5.69 Å². The Morgan fingerprint density at radius 1 is 0.656 bits per heavy atom. The van der Waals surface area contributed by atoms with E-state index in [0.29, 0.717) is 24.4 Å². The molecule has 1 N–H and O–H groups in total. The molecule has 1 saturated heterocycles. The molecule has 32 heavy (non-hydrogen) atoms. The lowest BCUT2D eigenvalue weighted by molar-refractivity contribution is 0.601. The molecule has 1 aliphatic heterocycles. The highest BCUT2D eigenvalue weighted by Gasteiger charge is 2.25. The Hall–Kier alpha value is -3.65. The van der Waals surface area contributed by atoms with Crippen molar-refractivity contribution in [1.29, 1.82) is 0 Å². The molecule has 0 spiro atoms. The molecule has 0 unspecified atom stereocenters. The van der Waals surface area contributed by atoms with Crippen LogP contribution >= 0.6 is 0 Å². The summed E-state index contributed by atoms with van der Waals surface area (Å²) in [7, 11) is -3.79. The van der Waals surface area contributed by atoms with Crippen molar-refractivity contribution in [3.05, 3.63) is 84.9 Å². The van der Waals surface area contributed by atoms with Gasteiger partial charge in [0.2, 0.25) is 0 Å². The number of para-hydroxylation sites is 3. The number of rotatable bonds is 5. The number of anilines is 3. The van der Waals surface area contributed by atoms with Crippen LogP contribution in [0.25, 0.3) is 11.0 Å². The second kappa shape index (κ2) is 8.47. The van der Waals surface area contributed by atoms with Crippen LogP contribution in [-0.2, 0) is 10.0 Å². The average Bonchev–Trinajstić information content (AvgIpc) is 2.85. The average molecular weight is 446 g/mol. The summed E-state index contributed by atoms with van der Waals surface area (Å²) in [6.45, 7) is 3.04. The monoisotopic (exact) mass is 445 g/mol. The van der Waals surface area contributed by atoms with Gasteiger partial charge in [-0.15, -0.1) is 0 Å². The predicted octanol–water partition coefficient (Wildman–Crippen LogP) is 3.76. The highest BCUT2D eigenvalue weighted by molar-refractivity contribution is 7.92. The number of fused-ring (bicyclic) bond motifs is 1. The molecule has 162 valence electrons. The summed E-state index contributed by atoms with van der Waals surface area (Å²) in [5.74, 6) is 0.802. The molecule has 0 atom stereocenters. The molecule has 5 rings (SSSR count). The van der Waals surface area contributed by atoms with E-state index in [4.69, 9.17) is 4.98 Å². The molecule has 0 bridgehead atoms. The van der Waals surface area contributed by atoms with Crippen molar-refractivity contribution in [2.24, 2.45) is 0 Å². The number of piperazine rings is 1. The third kappa shape index (κ3) is 4.09. The summed E-state index contributed by atoms with van der Waals surface area (Å²) in [6, 6.07) is 26.1. The molecule has 7 nitrogen and oxygen atoms in total. The molecule has 0 aliphatic carbocycles. The Morgan fingerprint density at radius 3 is 1.84 bits per heavy atom. The van der Waals surface area contributed by atoms with Gasteiger partial charge in [0.15, 0.2) is 11.6 Å². The Morgan fingerprint density at radius 2 is 1.19 bits per heavy atom. The number of nitrogens with one attached hydrogen (secondary N) is 1. The number of hydrogen-bond acceptors (Lipinski definition) is 6. The van der Waals surface area contributed by atoms with E-state index in [0.717, 1.165) is 18.6 Å². The van der Waals surface area contributed by atoms with Crippen LogP contribution in [0.1, 0.15) is 0 Å². The minimum atomic E-state index is -3.79. The molecule has 2 heterocycles. The Bertz CT molecular complexity index is 1320. The maximum Gasteiger partial charge on any atom is 0.263 e. The zero-order valence-corrected chi connectivity index (χ0v) is 18.2. The fourth-order valence-corrected chi connectivity index (χ4v) is 4.91. The van der Waals surface area contributed by atoms with E-state index in [-0.39, 0.29) is 10.7 Å². The van der Waals surface area contributed by atoms with E-state index in [2.05, 4.69) is 31.6 Å². The van der Waals surface area contributed by atoms with Gasteiger partial charge in [-0.2, -0.15) is 0 Å². The Labute approximate surface area is 187 Å². The summed E-state index contributed by atoms with van der Waals surface area (Å²) >= 11 is 0. The second-order valence-electron chi connectivity index (χ2n) is 7.61. The van der Waals surface area contributed by atoms with Crippen molar-refractivity contribution in [3.63, 3.8) is 0 Å². The Balaban J connectivity index is 1.47. The van der Waals surface area contributed by atoms with Crippen LogP contribution in [0.2, 0.25) is 0 Å². The van der Waals surface area contributed by atoms with Crippen molar-refractivity contribution >= 4 is 38.4 Å². The largest absolute Gasteiger partial charge is 0.368 e. The molecular weight excluding hydrogens is 422 g/mol. The summed E-state index contributed by atoms with van der Waals surface area (Å²) in [4.78, 5) is 14.0. The fourth-order valence-electron chi connectivity index (χ4n) is 3.88. The van der Waals surface area contributed by atoms with Gasteiger partial charge in [0.05, 0.1) is 15.9 Å². The molecule has 4 aromatic rings. The first-order valence-corrected chi connectivity index (χ1v) is 12.0. The molecule has 0 radical (unpaired) electrons. The molecule has 8 heteroatoms. The first-order chi connectivity index (χ1) is 15.6. The smallest absolute Gasteiger partial charge is 0.263 e. The van der Waals surface area contributed by atoms with Gasteiger partial charge in [-0.3, -0.25) is 4.72 Å². The summed E-state index contributed by atoms with van der Waals surface area (Å²) in [6.07, 6.45) is 0. The standard InChI is InChI=1S/C24H23N5O2S/c30-32(31,20-11-5-2-6-12-20)27-23-24(26-22-14-8-7-13-21(22)25-23)29-17-15-28(16-18-29)19-9-3-1-4-10-19/h1-14H,15-18H2,(H,25,27). The van der Waals surface area contributed by atoms with Crippen molar-refractivity contribution in [3.8, 4) is 0 Å². The molecule has 0 saturated carbocycles. The number of hydrogen-bond donors (Lipinski definition) is 1. The third-order valence-electron chi connectivity index (χ3n) is 5.54. The lowest BCUT2D eigenvalue weighted by Gasteiger charge is -2.37. The van der Waals surface area contributed by atoms with Crippen molar-refractivity contribution in [2.75, 3.05) is 40.7 Å². The maximum atomic E-state index is 13.0. The minimum absolute atomic E-state index is 0.190. The summed E-state index contributed by atoms with van der Waals surface area (Å²) in [5.41, 5.74) is 2.56. The number of sulfonamides is 1. The van der Waals surface area contributed by atoms with Gasteiger partial charge in [0.25, 0.3) is 10.0 Å². The van der Waals surface area contributed by atoms with Gasteiger partial charge >= 0.3 is 0 Å². The van der Waals surface area contributed by atoms with Crippen LogP contribution in [0.4, 0.5) is 17.3 Å². The van der Waals surface area contributed by atoms with Crippen LogP contribution < -0.4 is 14.5 Å². The van der Waals surface area contributed by atoms with E-state index >= 15 is 0 Å². The number of benzene rings is 3. The van der Waals surface area contributed by atoms with Gasteiger partial charge in [-0.05, 0) is 36.4 Å². The molecule has 1 fully saturated rings. The van der Waals surface area contributed by atoms with Gasteiger partial charge in [-0.25, -0.2) is 18.4 Å². The SMILES string of the molecule is O=S(=O)(Nc1nc2ccccc2nc1N1CCN(c2ccccc2)CC1)c1ccccc1. The minimum Gasteiger partial charge on any atom is -0.368 e. The molecule has 0 amide bonds. The molecular formula is C24H23N5O2S. The van der Waals surface area contributed by atoms with Gasteiger partial charge in [0, 0.05) is 31.9 Å². The van der Waals surface area contributed by atoms with Crippen LogP contribution in [0.5, 0.6) is 0 Å². The zero-order chi connectivity index (χ0) is 22.0. The lowest BCUT2D eigenvalue weighted by Crippen LogP contribution is -2.47. The van der Waals surface area contributed by atoms with Gasteiger partial charge in [0.1, 0.15) is 0 Å². The van der Waals surface area contributed by atoms with Crippen molar-refractivity contribution in [1.82, 2.24) is 9.97 Å². The quantitative estimate of drug-likeness (QED) is 0.504. The number of aromatic nitrogens is 2. The van der Waals surface area contributed by atoms with E-state index in [1.54, 1.807) is 30.3 Å². The van der Waals surface area contributed by atoms with E-state index in [9.17, 15) is 8.42 Å². The van der Waals surface area contributed by atoms with Gasteiger partial charge in [-0.1, -0.05) is 48.5 Å². The van der Waals surface area contributed by atoms with Gasteiger partial charge < -0.3 is 9.80 Å². The topological polar surface area (TPSA) is 78.4 Å². The lowest BCUT2D eigenvalue weighted by atomic mass is 10.2. The zero-order valence-electron chi connectivity index (χ0n) is 17.4. The predicted molar refractivity (Wildman–Crippen MR) is 128 cm³/mol.